The summed E-state index contributed by atoms with van der Waals surface area (Å²) >= 11 is 0. The van der Waals surface area contributed by atoms with Gasteiger partial charge in [-0.2, -0.15) is 0 Å². The van der Waals surface area contributed by atoms with E-state index in [-0.39, 0.29) is 11.3 Å². The van der Waals surface area contributed by atoms with Gasteiger partial charge in [0, 0.05) is 17.7 Å². The van der Waals surface area contributed by atoms with Gasteiger partial charge < -0.3 is 0 Å². The first-order valence-corrected chi connectivity index (χ1v) is 9.76. The number of sulfone groups is 1. The van der Waals surface area contributed by atoms with E-state index in [1.807, 2.05) is 0 Å². The molecule has 0 amide bonds. The standard InChI is InChI=1S/C18H28O3S/c1-17(2,3)22(20,21)13-6-5-8-14-10-11-15-16(19)9-7-12-18(14,15)4/h6,10,13,15H,5,7-9,11-12H2,1-4H3/b13-6+/t15?,18-/m1/s1. The summed E-state index contributed by atoms with van der Waals surface area (Å²) in [4.78, 5) is 12.1. The molecule has 2 atom stereocenters. The number of rotatable bonds is 4. The Hall–Kier alpha value is -0.900. The highest BCUT2D eigenvalue weighted by Crippen LogP contribution is 2.52. The van der Waals surface area contributed by atoms with Gasteiger partial charge in [0.2, 0.25) is 0 Å². The zero-order chi connectivity index (χ0) is 16.6. The third-order valence-electron chi connectivity index (χ3n) is 5.32. The van der Waals surface area contributed by atoms with Crippen molar-refractivity contribution in [1.82, 2.24) is 0 Å². The predicted molar refractivity (Wildman–Crippen MR) is 90.2 cm³/mol. The molecule has 2 aliphatic rings. The van der Waals surface area contributed by atoms with Gasteiger partial charge in [-0.15, -0.1) is 0 Å². The van der Waals surface area contributed by atoms with Crippen molar-refractivity contribution in [2.24, 2.45) is 11.3 Å². The Balaban J connectivity index is 1.98. The fourth-order valence-corrected chi connectivity index (χ4v) is 4.43. The Bertz CT molecular complexity index is 605. The SMILES string of the molecule is CC(C)(C)S(=O)(=O)/C=C/CCC1=CCC2C(=O)CCC[C@]12C. The summed E-state index contributed by atoms with van der Waals surface area (Å²) < 4.78 is 23.3. The highest BCUT2D eigenvalue weighted by atomic mass is 32.2. The Morgan fingerprint density at radius 1 is 1.36 bits per heavy atom. The van der Waals surface area contributed by atoms with E-state index in [0.717, 1.165) is 38.5 Å². The second kappa shape index (κ2) is 5.95. The van der Waals surface area contributed by atoms with Crippen molar-refractivity contribution in [3.8, 4) is 0 Å². The lowest BCUT2D eigenvalue weighted by molar-refractivity contribution is -0.128. The molecule has 0 N–H and O–H groups in total. The second-order valence-electron chi connectivity index (χ2n) is 7.82. The van der Waals surface area contributed by atoms with Gasteiger partial charge in [0.1, 0.15) is 5.78 Å². The van der Waals surface area contributed by atoms with Gasteiger partial charge in [0.25, 0.3) is 0 Å². The summed E-state index contributed by atoms with van der Waals surface area (Å²) in [6.07, 6.45) is 9.23. The molecule has 0 aromatic rings. The molecule has 0 aromatic carbocycles. The van der Waals surface area contributed by atoms with Crippen LogP contribution in [0.25, 0.3) is 0 Å². The van der Waals surface area contributed by atoms with E-state index in [9.17, 15) is 13.2 Å². The molecule has 2 aliphatic carbocycles. The second-order valence-corrected chi connectivity index (χ2v) is 10.4. The van der Waals surface area contributed by atoms with Crippen molar-refractivity contribution in [2.75, 3.05) is 0 Å². The van der Waals surface area contributed by atoms with Crippen molar-refractivity contribution >= 4 is 15.6 Å². The van der Waals surface area contributed by atoms with Gasteiger partial charge in [0.05, 0.1) is 4.75 Å². The van der Waals surface area contributed by atoms with E-state index in [1.165, 1.54) is 11.0 Å². The van der Waals surface area contributed by atoms with Gasteiger partial charge in [-0.05, 0) is 58.3 Å². The molecule has 4 heteroatoms. The van der Waals surface area contributed by atoms with Gasteiger partial charge in [-0.25, -0.2) is 8.42 Å². The van der Waals surface area contributed by atoms with Crippen LogP contribution in [0, 0.1) is 11.3 Å². The minimum Gasteiger partial charge on any atom is -0.299 e. The summed E-state index contributed by atoms with van der Waals surface area (Å²) in [5, 5.41) is 1.36. The number of carbonyl (C=O) groups excluding carboxylic acids is 1. The average Bonchev–Trinajstić information content (AvgIpc) is 2.72. The van der Waals surface area contributed by atoms with Gasteiger partial charge >= 0.3 is 0 Å². The number of carbonyl (C=O) groups is 1. The Morgan fingerprint density at radius 3 is 2.68 bits per heavy atom. The Morgan fingerprint density at radius 2 is 2.05 bits per heavy atom. The first-order chi connectivity index (χ1) is 10.1. The van der Waals surface area contributed by atoms with Crippen LogP contribution in [-0.2, 0) is 14.6 Å². The lowest BCUT2D eigenvalue weighted by atomic mass is 9.65. The lowest BCUT2D eigenvalue weighted by Gasteiger charge is -2.38. The molecule has 0 spiro atoms. The van der Waals surface area contributed by atoms with Crippen LogP contribution in [0.3, 0.4) is 0 Å². The van der Waals surface area contributed by atoms with Crippen LogP contribution in [0.15, 0.2) is 23.1 Å². The molecule has 0 saturated heterocycles. The number of fused-ring (bicyclic) bond motifs is 1. The smallest absolute Gasteiger partial charge is 0.176 e. The van der Waals surface area contributed by atoms with Crippen LogP contribution in [0.2, 0.25) is 0 Å². The summed E-state index contributed by atoms with van der Waals surface area (Å²) in [5.41, 5.74) is 1.37. The predicted octanol–water partition coefficient (Wildman–Crippen LogP) is 4.20. The van der Waals surface area contributed by atoms with Crippen molar-refractivity contribution < 1.29 is 13.2 Å². The quantitative estimate of drug-likeness (QED) is 0.728. The molecular formula is C18H28O3S. The van der Waals surface area contributed by atoms with Crippen LogP contribution in [0.4, 0.5) is 0 Å². The Kier molecular flexibility index (Phi) is 4.72. The Labute approximate surface area is 134 Å². The zero-order valence-corrected chi connectivity index (χ0v) is 15.0. The molecule has 0 heterocycles. The molecule has 0 bridgehead atoms. The van der Waals surface area contributed by atoms with Gasteiger partial charge in [-0.1, -0.05) is 24.6 Å². The van der Waals surface area contributed by atoms with Crippen LogP contribution in [0.1, 0.15) is 66.2 Å². The molecule has 0 aliphatic heterocycles. The highest BCUT2D eigenvalue weighted by Gasteiger charge is 2.46. The van der Waals surface area contributed by atoms with E-state index in [1.54, 1.807) is 26.8 Å². The van der Waals surface area contributed by atoms with E-state index in [2.05, 4.69) is 13.0 Å². The van der Waals surface area contributed by atoms with Crippen LogP contribution >= 0.6 is 0 Å². The number of hydrogen-bond acceptors (Lipinski definition) is 3. The molecule has 22 heavy (non-hydrogen) atoms. The van der Waals surface area contributed by atoms with Crippen LogP contribution in [0.5, 0.6) is 0 Å². The molecule has 3 nitrogen and oxygen atoms in total. The van der Waals surface area contributed by atoms with E-state index in [0.29, 0.717) is 5.78 Å². The van der Waals surface area contributed by atoms with E-state index >= 15 is 0 Å². The number of ketones is 1. The van der Waals surface area contributed by atoms with Crippen molar-refractivity contribution in [3.63, 3.8) is 0 Å². The van der Waals surface area contributed by atoms with Crippen molar-refractivity contribution in [2.45, 2.75) is 71.0 Å². The van der Waals surface area contributed by atoms with E-state index < -0.39 is 14.6 Å². The molecule has 124 valence electrons. The minimum absolute atomic E-state index is 0.0199. The number of allylic oxidation sites excluding steroid dienone is 3. The molecule has 1 saturated carbocycles. The molecular weight excluding hydrogens is 296 g/mol. The maximum Gasteiger partial charge on any atom is 0.176 e. The summed E-state index contributed by atoms with van der Waals surface area (Å²) in [6, 6.07) is 0. The largest absolute Gasteiger partial charge is 0.299 e. The fraction of sp³-hybridized carbons (Fsp3) is 0.722. The van der Waals surface area contributed by atoms with E-state index in [4.69, 9.17) is 0 Å². The topological polar surface area (TPSA) is 51.2 Å². The van der Waals surface area contributed by atoms with Crippen molar-refractivity contribution in [3.05, 3.63) is 23.1 Å². The zero-order valence-electron chi connectivity index (χ0n) is 14.2. The number of hydrogen-bond donors (Lipinski definition) is 0. The molecule has 0 aromatic heterocycles. The maximum atomic E-state index is 12.1. The lowest BCUT2D eigenvalue weighted by Crippen LogP contribution is -2.35. The maximum absolute atomic E-state index is 12.1. The molecule has 1 fully saturated rings. The molecule has 0 radical (unpaired) electrons. The minimum atomic E-state index is -3.19. The first-order valence-electron chi connectivity index (χ1n) is 8.21. The number of Topliss-reactive ketones (excluding diaryl/α,β-unsaturated/α-hetero) is 1. The molecule has 2 rings (SSSR count). The normalized spacial score (nSPS) is 29.7. The average molecular weight is 324 g/mol. The summed E-state index contributed by atoms with van der Waals surface area (Å²) in [5.74, 6) is 0.574. The third kappa shape index (κ3) is 3.22. The highest BCUT2D eigenvalue weighted by molar-refractivity contribution is 7.95. The van der Waals surface area contributed by atoms with Crippen LogP contribution < -0.4 is 0 Å². The van der Waals surface area contributed by atoms with Crippen LogP contribution in [-0.4, -0.2) is 18.9 Å². The monoisotopic (exact) mass is 324 g/mol. The fourth-order valence-electron chi connectivity index (χ4n) is 3.63. The van der Waals surface area contributed by atoms with Crippen molar-refractivity contribution in [1.29, 1.82) is 0 Å². The van der Waals surface area contributed by atoms with Gasteiger partial charge in [-0.3, -0.25) is 4.79 Å². The third-order valence-corrected chi connectivity index (χ3v) is 7.58. The summed E-state index contributed by atoms with van der Waals surface area (Å²) in [7, 11) is -3.19. The molecule has 1 unspecified atom stereocenters. The van der Waals surface area contributed by atoms with Gasteiger partial charge in [0.15, 0.2) is 9.84 Å². The summed E-state index contributed by atoms with van der Waals surface area (Å²) in [6.45, 7) is 7.35. The first kappa shape index (κ1) is 17.5.